The zero-order valence-corrected chi connectivity index (χ0v) is 14.7. The molecule has 0 fully saturated rings. The summed E-state index contributed by atoms with van der Waals surface area (Å²) in [5.41, 5.74) is 1.32. The topological polar surface area (TPSA) is 44.8 Å². The lowest BCUT2D eigenvalue weighted by Gasteiger charge is -2.27. The molecule has 0 aromatic heterocycles. The zero-order chi connectivity index (χ0) is 16.7. The molecule has 2 aromatic rings. The van der Waals surface area contributed by atoms with Gasteiger partial charge >= 0.3 is 7.60 Å². The van der Waals surface area contributed by atoms with Gasteiger partial charge < -0.3 is 13.8 Å². The molecular weight excluding hydrogens is 311 g/mol. The lowest BCUT2D eigenvalue weighted by atomic mass is 10.0. The Bertz CT molecular complexity index is 630. The van der Waals surface area contributed by atoms with Crippen LogP contribution in [0.25, 0.3) is 0 Å². The first-order chi connectivity index (χ1) is 11.1. The predicted molar refractivity (Wildman–Crippen MR) is 92.1 cm³/mol. The van der Waals surface area contributed by atoms with Crippen LogP contribution in [0.15, 0.2) is 54.6 Å². The van der Waals surface area contributed by atoms with E-state index in [1.165, 1.54) is 0 Å². The Hall–Kier alpha value is -1.61. The van der Waals surface area contributed by atoms with Gasteiger partial charge in [-0.05, 0) is 37.1 Å². The molecule has 0 radical (unpaired) electrons. The van der Waals surface area contributed by atoms with Crippen molar-refractivity contribution >= 4 is 7.60 Å². The maximum absolute atomic E-state index is 13.4. The fraction of sp³-hybridized carbons (Fsp3) is 0.333. The minimum absolute atomic E-state index is 0.330. The Labute approximate surface area is 137 Å². The average Bonchev–Trinajstić information content (AvgIpc) is 2.57. The third-order valence-corrected chi connectivity index (χ3v) is 5.95. The summed E-state index contributed by atoms with van der Waals surface area (Å²) in [4.78, 5) is 0. The molecule has 1 atom stereocenters. The van der Waals surface area contributed by atoms with Crippen molar-refractivity contribution in [3.05, 3.63) is 65.7 Å². The normalized spacial score (nSPS) is 12.8. The van der Waals surface area contributed by atoms with Crippen LogP contribution in [0, 0.1) is 0 Å². The van der Waals surface area contributed by atoms with Gasteiger partial charge in [-0.25, -0.2) is 0 Å². The number of hydrogen-bond donors (Lipinski definition) is 0. The van der Waals surface area contributed by atoms with Gasteiger partial charge in [0.1, 0.15) is 11.4 Å². The molecule has 2 aromatic carbocycles. The van der Waals surface area contributed by atoms with E-state index in [0.717, 1.165) is 16.9 Å². The van der Waals surface area contributed by atoms with Crippen LogP contribution in [-0.4, -0.2) is 20.3 Å². The molecule has 1 unspecified atom stereocenters. The van der Waals surface area contributed by atoms with E-state index in [0.29, 0.717) is 13.2 Å². The van der Waals surface area contributed by atoms with Crippen molar-refractivity contribution in [3.63, 3.8) is 0 Å². The van der Waals surface area contributed by atoms with Gasteiger partial charge in [-0.2, -0.15) is 0 Å². The third-order valence-electron chi connectivity index (χ3n) is 3.48. The van der Waals surface area contributed by atoms with Crippen molar-refractivity contribution in [2.24, 2.45) is 0 Å². The molecule has 0 aliphatic heterocycles. The van der Waals surface area contributed by atoms with Crippen molar-refractivity contribution in [2.75, 3.05) is 20.3 Å². The maximum Gasteiger partial charge on any atom is 0.342 e. The van der Waals surface area contributed by atoms with Crippen molar-refractivity contribution in [3.8, 4) is 5.75 Å². The van der Waals surface area contributed by atoms with Gasteiger partial charge in [0.05, 0.1) is 20.3 Å². The van der Waals surface area contributed by atoms with Gasteiger partial charge in [0, 0.05) is 0 Å². The summed E-state index contributed by atoms with van der Waals surface area (Å²) in [6, 6.07) is 17.2. The Balaban J connectivity index is 2.52. The minimum atomic E-state index is -3.34. The van der Waals surface area contributed by atoms with Crippen LogP contribution in [-0.2, 0) is 13.6 Å². The monoisotopic (exact) mass is 334 g/mol. The molecule has 0 heterocycles. The second-order valence-electron chi connectivity index (χ2n) is 4.96. The smallest absolute Gasteiger partial charge is 0.342 e. The standard InChI is InChI=1S/C18H23O4P/c1-4-21-23(19,22-5-2)18(15-9-7-6-8-10-15)16-11-13-17(20-3)14-12-16/h6-14,18H,4-5H2,1-3H3. The SMILES string of the molecule is CCOP(=O)(OCC)C(c1ccccc1)c1ccc(OC)cc1. The third kappa shape index (κ3) is 4.23. The summed E-state index contributed by atoms with van der Waals surface area (Å²) >= 11 is 0. The second kappa shape index (κ2) is 8.30. The van der Waals surface area contributed by atoms with Crippen LogP contribution in [0.1, 0.15) is 30.6 Å². The molecule has 2 rings (SSSR count). The molecule has 0 spiro atoms. The van der Waals surface area contributed by atoms with E-state index < -0.39 is 13.3 Å². The second-order valence-corrected chi connectivity index (χ2v) is 7.07. The van der Waals surface area contributed by atoms with Crippen LogP contribution in [0.5, 0.6) is 5.75 Å². The van der Waals surface area contributed by atoms with E-state index in [1.54, 1.807) is 7.11 Å². The molecule has 23 heavy (non-hydrogen) atoms. The van der Waals surface area contributed by atoms with Gasteiger partial charge in [-0.1, -0.05) is 42.5 Å². The highest BCUT2D eigenvalue weighted by Crippen LogP contribution is 2.63. The van der Waals surface area contributed by atoms with Crippen molar-refractivity contribution in [2.45, 2.75) is 19.5 Å². The highest BCUT2D eigenvalue weighted by Gasteiger charge is 2.38. The van der Waals surface area contributed by atoms with Gasteiger partial charge in [0.2, 0.25) is 0 Å². The Morgan fingerprint density at radius 2 is 1.39 bits per heavy atom. The Morgan fingerprint density at radius 1 is 0.870 bits per heavy atom. The molecule has 0 aliphatic rings. The molecule has 0 saturated heterocycles. The van der Waals surface area contributed by atoms with Gasteiger partial charge in [0.15, 0.2) is 0 Å². The lowest BCUT2D eigenvalue weighted by molar-refractivity contribution is 0.215. The molecule has 124 valence electrons. The summed E-state index contributed by atoms with van der Waals surface area (Å²) < 4.78 is 29.8. The summed E-state index contributed by atoms with van der Waals surface area (Å²) in [6.45, 7) is 4.30. The molecule has 0 saturated carbocycles. The average molecular weight is 334 g/mol. The first-order valence-corrected chi connectivity index (χ1v) is 9.33. The number of ether oxygens (including phenoxy) is 1. The fourth-order valence-electron chi connectivity index (χ4n) is 2.53. The van der Waals surface area contributed by atoms with Gasteiger partial charge in [0.25, 0.3) is 0 Å². The van der Waals surface area contributed by atoms with Crippen LogP contribution in [0.3, 0.4) is 0 Å². The lowest BCUT2D eigenvalue weighted by Crippen LogP contribution is -2.08. The van der Waals surface area contributed by atoms with E-state index in [4.69, 9.17) is 13.8 Å². The summed E-state index contributed by atoms with van der Waals surface area (Å²) in [7, 11) is -1.72. The minimum Gasteiger partial charge on any atom is -0.497 e. The molecule has 5 heteroatoms. The van der Waals surface area contributed by atoms with Crippen LogP contribution in [0.4, 0.5) is 0 Å². The van der Waals surface area contributed by atoms with Gasteiger partial charge in [-0.15, -0.1) is 0 Å². The summed E-state index contributed by atoms with van der Waals surface area (Å²) in [6.07, 6.45) is 0. The number of hydrogen-bond acceptors (Lipinski definition) is 4. The Kier molecular flexibility index (Phi) is 6.40. The van der Waals surface area contributed by atoms with Crippen molar-refractivity contribution < 1.29 is 18.3 Å². The highest BCUT2D eigenvalue weighted by atomic mass is 31.2. The predicted octanol–water partition coefficient (Wildman–Crippen LogP) is 5.05. The molecule has 0 aliphatic carbocycles. The molecule has 0 N–H and O–H groups in total. The van der Waals surface area contributed by atoms with Crippen LogP contribution in [0.2, 0.25) is 0 Å². The van der Waals surface area contributed by atoms with E-state index in [-0.39, 0.29) is 0 Å². The Morgan fingerprint density at radius 3 is 1.87 bits per heavy atom. The largest absolute Gasteiger partial charge is 0.497 e. The first kappa shape index (κ1) is 17.7. The van der Waals surface area contributed by atoms with E-state index in [1.807, 2.05) is 68.4 Å². The fourth-order valence-corrected chi connectivity index (χ4v) is 4.69. The summed E-state index contributed by atoms with van der Waals surface area (Å²) in [5.74, 6) is 0.753. The maximum atomic E-state index is 13.4. The zero-order valence-electron chi connectivity index (χ0n) is 13.8. The molecule has 0 amide bonds. The van der Waals surface area contributed by atoms with Gasteiger partial charge in [-0.3, -0.25) is 4.57 Å². The van der Waals surface area contributed by atoms with E-state index >= 15 is 0 Å². The van der Waals surface area contributed by atoms with E-state index in [9.17, 15) is 4.57 Å². The number of rotatable bonds is 8. The van der Waals surface area contributed by atoms with Crippen molar-refractivity contribution in [1.29, 1.82) is 0 Å². The van der Waals surface area contributed by atoms with Crippen LogP contribution >= 0.6 is 7.60 Å². The molecular formula is C18H23O4P. The van der Waals surface area contributed by atoms with Crippen molar-refractivity contribution in [1.82, 2.24) is 0 Å². The summed E-state index contributed by atoms with van der Waals surface area (Å²) in [5, 5.41) is 0. The highest BCUT2D eigenvalue weighted by molar-refractivity contribution is 7.54. The molecule has 0 bridgehead atoms. The number of methoxy groups -OCH3 is 1. The number of benzene rings is 2. The first-order valence-electron chi connectivity index (χ1n) is 7.72. The van der Waals surface area contributed by atoms with E-state index in [2.05, 4.69) is 0 Å². The molecule has 4 nitrogen and oxygen atoms in total. The quantitative estimate of drug-likeness (QED) is 0.634. The van der Waals surface area contributed by atoms with Crippen LogP contribution < -0.4 is 4.74 Å².